The first-order valence-corrected chi connectivity index (χ1v) is 19.9. The summed E-state index contributed by atoms with van der Waals surface area (Å²) in [5.74, 6) is -1.72. The lowest BCUT2D eigenvalue weighted by atomic mass is 9.75. The zero-order valence-corrected chi connectivity index (χ0v) is 33.1. The van der Waals surface area contributed by atoms with Gasteiger partial charge in [0.05, 0.1) is 30.2 Å². The van der Waals surface area contributed by atoms with Crippen molar-refractivity contribution in [2.24, 2.45) is 0 Å². The second-order valence-corrected chi connectivity index (χ2v) is 15.1. The molecule has 3 heterocycles. The molecule has 1 N–H and O–H groups in total. The molecule has 12 nitrogen and oxygen atoms in total. The first-order chi connectivity index (χ1) is 29.9. The van der Waals surface area contributed by atoms with Gasteiger partial charge in [-0.05, 0) is 60.9 Å². The van der Waals surface area contributed by atoms with Crippen molar-refractivity contribution in [3.63, 3.8) is 0 Å². The molecule has 4 aromatic carbocycles. The molecule has 0 unspecified atom stereocenters. The van der Waals surface area contributed by atoms with E-state index in [0.717, 1.165) is 22.9 Å². The van der Waals surface area contributed by atoms with Crippen molar-refractivity contribution in [3.05, 3.63) is 167 Å². The summed E-state index contributed by atoms with van der Waals surface area (Å²) < 4.78 is 58.4. The molecule has 0 radical (unpaired) electrons. The van der Waals surface area contributed by atoms with Crippen LogP contribution in [0.5, 0.6) is 0 Å². The van der Waals surface area contributed by atoms with Gasteiger partial charge in [-0.25, -0.2) is 24.5 Å². The van der Waals surface area contributed by atoms with Crippen LogP contribution in [0.15, 0.2) is 128 Å². The number of aromatic nitrogens is 4. The first kappa shape index (κ1) is 41.5. The van der Waals surface area contributed by atoms with Gasteiger partial charge in [0.15, 0.2) is 11.3 Å². The molecule has 1 saturated carbocycles. The third-order valence-corrected chi connectivity index (χ3v) is 11.4. The average Bonchev–Trinajstić information content (AvgIpc) is 3.83. The number of carbonyl (C=O) groups excluding carboxylic acids is 3. The number of halogens is 4. The quantitative estimate of drug-likeness (QED) is 0.0378. The second kappa shape index (κ2) is 17.0. The molecule has 1 aliphatic carbocycles. The third-order valence-electron chi connectivity index (χ3n) is 11.4. The van der Waals surface area contributed by atoms with Crippen LogP contribution in [0.1, 0.15) is 72.0 Å². The molecular weight excluding hydrogens is 805 g/mol. The molecule has 1 spiro atoms. The van der Waals surface area contributed by atoms with Gasteiger partial charge in [0.1, 0.15) is 23.1 Å². The van der Waals surface area contributed by atoms with Gasteiger partial charge in [0.25, 0.3) is 5.91 Å². The summed E-state index contributed by atoms with van der Waals surface area (Å²) in [4.78, 5) is 52.3. The first-order valence-electron chi connectivity index (χ1n) is 19.9. The van der Waals surface area contributed by atoms with E-state index in [9.17, 15) is 27.6 Å². The predicted octanol–water partition coefficient (Wildman–Crippen LogP) is 8.47. The molecule has 0 atom stereocenters. The van der Waals surface area contributed by atoms with Gasteiger partial charge in [0, 0.05) is 24.1 Å². The molecule has 0 bridgehead atoms. The Morgan fingerprint density at radius 3 is 2.05 bits per heavy atom. The number of nitrogens with zero attached hydrogens (tertiary/aromatic N) is 7. The van der Waals surface area contributed by atoms with Crippen molar-refractivity contribution >= 4 is 23.5 Å². The Bertz CT molecular complexity index is 2550. The van der Waals surface area contributed by atoms with Crippen LogP contribution in [0.4, 0.5) is 28.0 Å². The molecule has 16 heteroatoms. The van der Waals surface area contributed by atoms with E-state index in [1.54, 1.807) is 16.9 Å². The monoisotopic (exact) mass is 842 g/mol. The molecular formula is C46H38F4N8O4. The largest absolute Gasteiger partial charge is 0.419 e. The topological polar surface area (TPSA) is 146 Å². The standard InChI is InChI=1S/C46H38F4N8O4/c47-38-25-31(20-21-32(38)29-57-43(61)58(42(60)44(57)22-12-23-44)36-26-37(46(48,49)50)39(27-51)52-28-36)40-30-56(55-53-40)24-11-10-19-41(59)54-62-45(33-13-4-1-5-14-33,34-15-6-2-7-16-34)35-17-8-3-9-18-35/h1-9,13-18,20-21,25-26,28,30H,10-12,19,22-24,29H2,(H,54,59). The van der Waals surface area contributed by atoms with E-state index in [-0.39, 0.29) is 37.3 Å². The zero-order valence-electron chi connectivity index (χ0n) is 33.1. The van der Waals surface area contributed by atoms with Gasteiger partial charge in [-0.3, -0.25) is 19.1 Å². The van der Waals surface area contributed by atoms with Crippen LogP contribution in [0.25, 0.3) is 11.3 Å². The summed E-state index contributed by atoms with van der Waals surface area (Å²) in [6, 6.07) is 34.4. The van der Waals surface area contributed by atoms with E-state index in [1.807, 2.05) is 91.0 Å². The number of hydrogen-bond donors (Lipinski definition) is 1. The number of nitriles is 1. The van der Waals surface area contributed by atoms with Crippen LogP contribution in [0.2, 0.25) is 0 Å². The van der Waals surface area contributed by atoms with E-state index in [2.05, 4.69) is 20.8 Å². The Balaban J connectivity index is 0.891. The Kier molecular flexibility index (Phi) is 11.4. The number of unbranched alkanes of at least 4 members (excludes halogenated alkanes) is 1. The van der Waals surface area contributed by atoms with Gasteiger partial charge in [-0.1, -0.05) is 108 Å². The molecule has 2 aliphatic rings. The number of aryl methyl sites for hydroxylation is 1. The molecule has 62 heavy (non-hydrogen) atoms. The van der Waals surface area contributed by atoms with E-state index in [0.29, 0.717) is 48.0 Å². The van der Waals surface area contributed by atoms with Crippen molar-refractivity contribution in [2.45, 2.75) is 68.9 Å². The van der Waals surface area contributed by atoms with Gasteiger partial charge in [0.2, 0.25) is 5.91 Å². The van der Waals surface area contributed by atoms with Crippen molar-refractivity contribution in [1.29, 1.82) is 5.26 Å². The lowest BCUT2D eigenvalue weighted by Crippen LogP contribution is -2.54. The molecule has 314 valence electrons. The Labute approximate surface area is 353 Å². The maximum atomic E-state index is 15.7. The molecule has 1 aliphatic heterocycles. The van der Waals surface area contributed by atoms with Crippen molar-refractivity contribution in [1.82, 2.24) is 30.4 Å². The Hall–Kier alpha value is -7.25. The number of pyridine rings is 1. The zero-order chi connectivity index (χ0) is 43.5. The smallest absolute Gasteiger partial charge is 0.305 e. The molecule has 2 fully saturated rings. The summed E-state index contributed by atoms with van der Waals surface area (Å²) in [6.07, 6.45) is -0.0906. The maximum Gasteiger partial charge on any atom is 0.419 e. The Morgan fingerprint density at radius 2 is 1.50 bits per heavy atom. The van der Waals surface area contributed by atoms with E-state index in [4.69, 9.17) is 10.1 Å². The maximum absolute atomic E-state index is 15.7. The highest BCUT2D eigenvalue weighted by atomic mass is 19.4. The molecule has 6 aromatic rings. The molecule has 4 amide bonds. The highest BCUT2D eigenvalue weighted by Crippen LogP contribution is 2.47. The normalized spacial score (nSPS) is 14.8. The van der Waals surface area contributed by atoms with E-state index in [1.165, 1.54) is 23.1 Å². The lowest BCUT2D eigenvalue weighted by Gasteiger charge is -2.42. The minimum atomic E-state index is -4.96. The van der Waals surface area contributed by atoms with Gasteiger partial charge < -0.3 is 4.90 Å². The Morgan fingerprint density at radius 1 is 0.871 bits per heavy atom. The van der Waals surface area contributed by atoms with Crippen molar-refractivity contribution in [3.8, 4) is 17.3 Å². The number of urea groups is 1. The van der Waals surface area contributed by atoms with Crippen LogP contribution < -0.4 is 10.4 Å². The number of hydroxylamine groups is 1. The molecule has 2 aromatic heterocycles. The SMILES string of the molecule is N#Cc1ncc(N2C(=O)N(Cc3ccc(-c4cn(CCCCC(=O)NOC(c5ccccc5)(c5ccccc5)c5ccccc5)nn4)cc3F)C3(CCC3)C2=O)cc1C(F)(F)F. The minimum absolute atomic E-state index is 0.0835. The minimum Gasteiger partial charge on any atom is -0.305 e. The van der Waals surface area contributed by atoms with Crippen molar-refractivity contribution in [2.75, 3.05) is 4.90 Å². The summed E-state index contributed by atoms with van der Waals surface area (Å²) >= 11 is 0. The van der Waals surface area contributed by atoms with Gasteiger partial charge >= 0.3 is 12.2 Å². The number of hydrogen-bond acceptors (Lipinski definition) is 8. The fraction of sp³-hybridized carbons (Fsp3) is 0.239. The van der Waals surface area contributed by atoms with Crippen LogP contribution in [-0.2, 0) is 39.3 Å². The molecule has 1 saturated heterocycles. The number of rotatable bonds is 14. The fourth-order valence-electron chi connectivity index (χ4n) is 8.02. The van der Waals surface area contributed by atoms with Crippen LogP contribution >= 0.6 is 0 Å². The predicted molar refractivity (Wildman–Crippen MR) is 217 cm³/mol. The number of carbonyl (C=O) groups is 3. The number of amides is 4. The van der Waals surface area contributed by atoms with E-state index >= 15 is 4.39 Å². The van der Waals surface area contributed by atoms with E-state index < -0.39 is 52.0 Å². The summed E-state index contributed by atoms with van der Waals surface area (Å²) in [5.41, 5.74) is 0.948. The van der Waals surface area contributed by atoms with Crippen molar-refractivity contribution < 1.29 is 36.8 Å². The summed E-state index contributed by atoms with van der Waals surface area (Å²) in [7, 11) is 0. The van der Waals surface area contributed by atoms with Crippen LogP contribution in [-0.4, -0.2) is 48.3 Å². The summed E-state index contributed by atoms with van der Waals surface area (Å²) in [5, 5.41) is 17.5. The average molecular weight is 843 g/mol. The number of benzene rings is 4. The van der Waals surface area contributed by atoms with Gasteiger partial charge in [-0.2, -0.15) is 18.4 Å². The number of imide groups is 1. The highest BCUT2D eigenvalue weighted by molar-refractivity contribution is 6.23. The fourth-order valence-corrected chi connectivity index (χ4v) is 8.02. The van der Waals surface area contributed by atoms with Crippen LogP contribution in [0, 0.1) is 17.1 Å². The van der Waals surface area contributed by atoms with Gasteiger partial charge in [-0.15, -0.1) is 5.10 Å². The lowest BCUT2D eigenvalue weighted by molar-refractivity contribution is -0.143. The molecule has 8 rings (SSSR count). The summed E-state index contributed by atoms with van der Waals surface area (Å²) in [6.45, 7) is 0.104. The van der Waals surface area contributed by atoms with Crippen LogP contribution in [0.3, 0.4) is 0 Å². The number of nitrogens with one attached hydrogen (secondary N) is 1. The highest BCUT2D eigenvalue weighted by Gasteiger charge is 2.61. The number of alkyl halides is 3. The second-order valence-electron chi connectivity index (χ2n) is 15.1. The third kappa shape index (κ3) is 7.78. The number of anilines is 1.